The number of Topliss-reactive ketones (excluding diaryl/α,β-unsaturated/α-hetero) is 1. The van der Waals surface area contributed by atoms with Gasteiger partial charge in [0.1, 0.15) is 27.9 Å². The Morgan fingerprint density at radius 1 is 0.642 bits per heavy atom. The molecule has 6 aromatic heterocycles. The van der Waals surface area contributed by atoms with Crippen molar-refractivity contribution in [2.24, 2.45) is 0 Å². The van der Waals surface area contributed by atoms with Gasteiger partial charge in [0.15, 0.2) is 22.7 Å². The molecule has 362 valence electrons. The van der Waals surface area contributed by atoms with Crippen LogP contribution in [0.25, 0.3) is 16.9 Å². The van der Waals surface area contributed by atoms with E-state index >= 15 is 0 Å². The predicted octanol–water partition coefficient (Wildman–Crippen LogP) is 0.501. The second kappa shape index (κ2) is 24.7. The molecule has 67 heavy (non-hydrogen) atoms. The Labute approximate surface area is 404 Å². The Morgan fingerprint density at radius 2 is 1.03 bits per heavy atom. The third-order valence-electron chi connectivity index (χ3n) is 11.4. The molecule has 0 atom stereocenters. The third-order valence-corrected chi connectivity index (χ3v) is 11.6. The summed E-state index contributed by atoms with van der Waals surface area (Å²) in [6.45, 7) is 12.1. The minimum absolute atomic E-state index is 0. The van der Waals surface area contributed by atoms with E-state index in [1.165, 1.54) is 53.8 Å². The molecule has 22 nitrogen and oxygen atoms in total. The monoisotopic (exact) mass is 949 g/mol. The summed E-state index contributed by atoms with van der Waals surface area (Å²) in [4.78, 5) is 51.2. The first-order valence-corrected chi connectivity index (χ1v) is 21.5. The first-order chi connectivity index (χ1) is 29.8. The molecular formula is C43H61ClLiN11O11. The molecule has 0 aromatic carbocycles. The summed E-state index contributed by atoms with van der Waals surface area (Å²) < 4.78 is 9.56. The second-order valence-corrected chi connectivity index (χ2v) is 17.3. The van der Waals surface area contributed by atoms with Gasteiger partial charge in [-0.25, -0.2) is 38.1 Å². The van der Waals surface area contributed by atoms with Crippen LogP contribution in [0, 0.1) is 0 Å². The number of ketones is 1. The van der Waals surface area contributed by atoms with Gasteiger partial charge in [0, 0.05) is 44.8 Å². The maximum Gasteiger partial charge on any atom is 1.00 e. The van der Waals surface area contributed by atoms with Crippen LogP contribution in [0.15, 0.2) is 55.4 Å². The SMILES string of the molecule is CC(=O)c1cnn2ccc(Cl)nc12.CC1(O)CCCCC1.CC1(O)CCN(c2ccn3ncc(C(=O)O)c3n2)CC1.CCOC(=O)c1cnn2ccc(N3CCC(C)(O)CC3)nc12.O.O.[Li+].[OH-]. The molecule has 3 fully saturated rings. The Balaban J connectivity index is 0.000000316. The number of aromatic carboxylic acids is 1. The maximum atomic E-state index is 11.9. The summed E-state index contributed by atoms with van der Waals surface area (Å²) in [7, 11) is 0. The number of hydrogen-bond donors (Lipinski definition) is 4. The van der Waals surface area contributed by atoms with Gasteiger partial charge in [-0.1, -0.05) is 30.9 Å². The summed E-state index contributed by atoms with van der Waals surface area (Å²) in [6, 6.07) is 5.30. The molecule has 2 aliphatic heterocycles. The number of carboxylic acid groups (broad SMARTS) is 1. The minimum atomic E-state index is -1.04. The van der Waals surface area contributed by atoms with Crippen molar-refractivity contribution in [3.05, 3.63) is 77.2 Å². The van der Waals surface area contributed by atoms with E-state index < -0.39 is 23.1 Å². The zero-order valence-corrected chi connectivity index (χ0v) is 39.5. The Bertz CT molecular complexity index is 2540. The first kappa shape index (κ1) is 57.8. The number of carbonyl (C=O) groups is 3. The topological polar surface area (TPSA) is 331 Å². The van der Waals surface area contributed by atoms with Crippen LogP contribution in [0.1, 0.15) is 123 Å². The molecular weight excluding hydrogens is 889 g/mol. The zero-order valence-electron chi connectivity index (χ0n) is 38.8. The van der Waals surface area contributed by atoms with Crippen molar-refractivity contribution in [1.29, 1.82) is 0 Å². The number of esters is 1. The molecule has 3 aliphatic rings. The van der Waals surface area contributed by atoms with Crippen LogP contribution in [-0.2, 0) is 4.74 Å². The fourth-order valence-corrected chi connectivity index (χ4v) is 7.55. The number of rotatable bonds is 6. The molecule has 0 bridgehead atoms. The number of aromatic nitrogens is 9. The summed E-state index contributed by atoms with van der Waals surface area (Å²) >= 11 is 5.69. The number of hydrogen-bond acceptors (Lipinski definition) is 16. The Hall–Kier alpha value is -5.28. The number of halogens is 1. The van der Waals surface area contributed by atoms with E-state index in [1.54, 1.807) is 36.1 Å². The average Bonchev–Trinajstić information content (AvgIpc) is 3.98. The van der Waals surface area contributed by atoms with Gasteiger partial charge in [0.05, 0.1) is 47.6 Å². The van der Waals surface area contributed by atoms with Crippen molar-refractivity contribution in [3.63, 3.8) is 0 Å². The van der Waals surface area contributed by atoms with Crippen LogP contribution >= 0.6 is 11.6 Å². The van der Waals surface area contributed by atoms with Crippen molar-refractivity contribution >= 4 is 57.9 Å². The normalized spacial score (nSPS) is 16.7. The van der Waals surface area contributed by atoms with E-state index in [9.17, 15) is 29.7 Å². The Kier molecular flexibility index (Phi) is 21.3. The van der Waals surface area contributed by atoms with E-state index in [4.69, 9.17) is 21.4 Å². The van der Waals surface area contributed by atoms with Crippen molar-refractivity contribution in [2.45, 2.75) is 109 Å². The van der Waals surface area contributed by atoms with Crippen LogP contribution < -0.4 is 28.7 Å². The van der Waals surface area contributed by atoms with Gasteiger partial charge < -0.3 is 51.4 Å². The standard InChI is InChI=1S/C15H20N4O3.C13H16N4O3.C8H6ClN3O.C7H14O.Li.3H2O/c1-3-22-14(20)11-10-16-19-7-4-12(17-13(11)19)18-8-5-15(2,21)6-9-18;1-13(20)3-6-16(7-4-13)10-2-5-17-11(15-10)9(8-14-17)12(18)19;1-5(13)6-4-10-12-3-2-7(9)11-8(6)12;1-7(8)5-3-2-4-6-7;;;;/h4,7,10,21H,3,5-6,8-9H2,1-2H3;2,5,8,20H,3-4,6-7H2,1H3,(H,18,19);2-4H,1H3;8H,2-6H2,1H3;;3*1H2/q;;;;+1;;;/p-1. The van der Waals surface area contributed by atoms with E-state index in [-0.39, 0.29) is 52.2 Å². The van der Waals surface area contributed by atoms with Crippen molar-refractivity contribution in [2.75, 3.05) is 42.6 Å². The molecule has 0 unspecified atom stereocenters. The third kappa shape index (κ3) is 15.1. The molecule has 6 aromatic rings. The minimum Gasteiger partial charge on any atom is -0.870 e. The maximum absolute atomic E-state index is 11.9. The average molecular weight is 950 g/mol. The number of nitrogens with zero attached hydrogens (tertiary/aromatic N) is 11. The fourth-order valence-electron chi connectivity index (χ4n) is 7.42. The number of fused-ring (bicyclic) bond motifs is 3. The number of aliphatic hydroxyl groups is 3. The largest absolute Gasteiger partial charge is 1.00 e. The van der Waals surface area contributed by atoms with Crippen molar-refractivity contribution in [3.8, 4) is 0 Å². The van der Waals surface area contributed by atoms with Crippen LogP contribution in [0.2, 0.25) is 5.15 Å². The van der Waals surface area contributed by atoms with Crippen molar-refractivity contribution in [1.82, 2.24) is 43.8 Å². The molecule has 8 heterocycles. The van der Waals surface area contributed by atoms with Gasteiger partial charge >= 0.3 is 30.8 Å². The summed E-state index contributed by atoms with van der Waals surface area (Å²) in [5.41, 5.74) is 0.737. The quantitative estimate of drug-likeness (QED) is 0.0764. The van der Waals surface area contributed by atoms with Gasteiger partial charge in [0.25, 0.3) is 0 Å². The second-order valence-electron chi connectivity index (χ2n) is 16.9. The first-order valence-electron chi connectivity index (χ1n) is 21.1. The van der Waals surface area contributed by atoms with Gasteiger partial charge in [-0.15, -0.1) is 0 Å². The van der Waals surface area contributed by atoms with E-state index in [1.807, 2.05) is 32.9 Å². The van der Waals surface area contributed by atoms with Gasteiger partial charge in [-0.2, -0.15) is 15.3 Å². The van der Waals surface area contributed by atoms with Crippen LogP contribution in [0.5, 0.6) is 0 Å². The van der Waals surface area contributed by atoms with E-state index in [2.05, 4.69) is 40.0 Å². The van der Waals surface area contributed by atoms with Crippen LogP contribution in [0.4, 0.5) is 11.6 Å². The molecule has 0 radical (unpaired) electrons. The molecule has 0 amide bonds. The predicted molar refractivity (Wildman–Crippen MR) is 244 cm³/mol. The molecule has 9 N–H and O–H groups in total. The van der Waals surface area contributed by atoms with Gasteiger partial charge in [-0.05, 0) is 91.3 Å². The molecule has 1 saturated carbocycles. The van der Waals surface area contributed by atoms with Gasteiger partial charge in [0.2, 0.25) is 0 Å². The summed E-state index contributed by atoms with van der Waals surface area (Å²) in [6.07, 6.45) is 17.9. The number of carboxylic acids is 1. The Morgan fingerprint density at radius 3 is 1.43 bits per heavy atom. The molecule has 2 saturated heterocycles. The fraction of sp³-hybridized carbons (Fsp3) is 0.512. The molecule has 9 rings (SSSR count). The zero-order chi connectivity index (χ0) is 45.5. The summed E-state index contributed by atoms with van der Waals surface area (Å²) in [5, 5.41) is 50.9. The number of anilines is 2. The smallest absolute Gasteiger partial charge is 0.870 e. The van der Waals surface area contributed by atoms with E-state index in [0.29, 0.717) is 78.6 Å². The number of carbonyl (C=O) groups excluding carboxylic acids is 2. The van der Waals surface area contributed by atoms with Crippen molar-refractivity contribution < 1.29 is 74.8 Å². The summed E-state index contributed by atoms with van der Waals surface area (Å²) in [5.74, 6) is -0.00947. The van der Waals surface area contributed by atoms with Crippen LogP contribution in [0.3, 0.4) is 0 Å². The molecule has 0 spiro atoms. The number of ether oxygens (including phenoxy) is 1. The van der Waals surface area contributed by atoms with Crippen LogP contribution in [-0.4, -0.2) is 148 Å². The van der Waals surface area contributed by atoms with Gasteiger partial charge in [-0.3, -0.25) is 4.79 Å². The molecule has 24 heteroatoms. The van der Waals surface area contributed by atoms with E-state index in [0.717, 1.165) is 37.6 Å². The molecule has 1 aliphatic carbocycles. The number of piperidine rings is 2.